The van der Waals surface area contributed by atoms with Gasteiger partial charge in [0.1, 0.15) is 0 Å². The topological polar surface area (TPSA) is 162 Å². The van der Waals surface area contributed by atoms with E-state index in [4.69, 9.17) is 0 Å². The molecule has 1 heterocycles. The van der Waals surface area contributed by atoms with Crippen LogP contribution in [0.2, 0.25) is 0 Å². The van der Waals surface area contributed by atoms with Gasteiger partial charge < -0.3 is 19.8 Å². The first-order valence-electron chi connectivity index (χ1n) is 8.18. The van der Waals surface area contributed by atoms with Crippen molar-refractivity contribution in [3.8, 4) is 0 Å². The van der Waals surface area contributed by atoms with E-state index in [1.165, 1.54) is 58.9 Å². The Morgan fingerprint density at radius 3 is 1.61 bits per heavy atom. The van der Waals surface area contributed by atoms with Crippen LogP contribution in [-0.4, -0.2) is 41.7 Å². The summed E-state index contributed by atoms with van der Waals surface area (Å²) in [7, 11) is -11.5. The molecule has 0 radical (unpaired) electrons. The first kappa shape index (κ1) is 22.9. The summed E-state index contributed by atoms with van der Waals surface area (Å²) in [5, 5.41) is 7.28. The van der Waals surface area contributed by atoms with Crippen LogP contribution in [0.3, 0.4) is 0 Å². The van der Waals surface area contributed by atoms with E-state index in [9.17, 15) is 38.5 Å². The zero-order chi connectivity index (χ0) is 21.9. The standard InChI is InChI=1S/C16H23NO9P2/c1-14(2,3)15(4,5)16(20,27(21,22)23)28(24,25)26-17-12(18)10-8-6-7-9-11(10)13(17)19/h6-9,20H,1-5H3,(H,24,25)(H2,21,22,23). The van der Waals surface area contributed by atoms with E-state index in [1.807, 2.05) is 0 Å². The third kappa shape index (κ3) is 3.09. The van der Waals surface area contributed by atoms with Crippen LogP contribution in [0.15, 0.2) is 24.3 Å². The second-order valence-corrected chi connectivity index (χ2v) is 12.0. The zero-order valence-electron chi connectivity index (χ0n) is 16.0. The molecule has 0 aromatic heterocycles. The van der Waals surface area contributed by atoms with Crippen molar-refractivity contribution >= 4 is 27.0 Å². The Kier molecular flexibility index (Phi) is 5.37. The predicted octanol–water partition coefficient (Wildman–Crippen LogP) is 2.30. The Labute approximate surface area is 161 Å². The fraction of sp³-hybridized carbons (Fsp3) is 0.500. The van der Waals surface area contributed by atoms with Crippen LogP contribution in [-0.2, 0) is 13.8 Å². The van der Waals surface area contributed by atoms with Gasteiger partial charge in [0.05, 0.1) is 11.1 Å². The number of hydrogen-bond acceptors (Lipinski definition) is 6. The summed E-state index contributed by atoms with van der Waals surface area (Å²) in [6.45, 7) is 6.85. The molecule has 10 nitrogen and oxygen atoms in total. The molecule has 1 aromatic carbocycles. The van der Waals surface area contributed by atoms with Gasteiger partial charge in [-0.15, -0.1) is 5.06 Å². The first-order chi connectivity index (χ1) is 12.4. The molecule has 1 aliphatic rings. The molecule has 1 aliphatic heterocycles. The average molecular weight is 435 g/mol. The number of amides is 2. The molecule has 156 valence electrons. The molecular formula is C16H23NO9P2. The highest BCUT2D eigenvalue weighted by Crippen LogP contribution is 2.78. The van der Waals surface area contributed by atoms with Crippen LogP contribution in [0.4, 0.5) is 0 Å². The minimum absolute atomic E-state index is 0.0508. The Morgan fingerprint density at radius 1 is 0.893 bits per heavy atom. The summed E-state index contributed by atoms with van der Waals surface area (Å²) in [6.07, 6.45) is 0. The zero-order valence-corrected chi connectivity index (χ0v) is 17.8. The molecule has 2 unspecified atom stereocenters. The van der Waals surface area contributed by atoms with Gasteiger partial charge in [-0.25, -0.2) is 0 Å². The highest BCUT2D eigenvalue weighted by Gasteiger charge is 2.72. The van der Waals surface area contributed by atoms with E-state index < -0.39 is 42.9 Å². The maximum absolute atomic E-state index is 13.0. The summed E-state index contributed by atoms with van der Waals surface area (Å²) in [6, 6.07) is 5.49. The normalized spacial score (nSPS) is 20.0. The lowest BCUT2D eigenvalue weighted by atomic mass is 9.69. The first-order valence-corrected chi connectivity index (χ1v) is 11.4. The van der Waals surface area contributed by atoms with Crippen molar-refractivity contribution in [2.75, 3.05) is 0 Å². The Balaban J connectivity index is 2.58. The van der Waals surface area contributed by atoms with Crippen molar-refractivity contribution in [3.05, 3.63) is 35.4 Å². The number of rotatable bonds is 5. The molecule has 2 amide bonds. The van der Waals surface area contributed by atoms with Crippen molar-refractivity contribution in [1.82, 2.24) is 5.06 Å². The number of imide groups is 1. The summed E-state index contributed by atoms with van der Waals surface area (Å²) in [5.41, 5.74) is -3.22. The Hall–Kier alpha value is -1.38. The molecule has 2 rings (SSSR count). The van der Waals surface area contributed by atoms with E-state index in [0.29, 0.717) is 0 Å². The van der Waals surface area contributed by atoms with Crippen LogP contribution < -0.4 is 0 Å². The summed E-state index contributed by atoms with van der Waals surface area (Å²) in [4.78, 5) is 54.9. The number of carbonyl (C=O) groups excluding carboxylic acids is 2. The third-order valence-corrected chi connectivity index (χ3v) is 10.1. The highest BCUT2D eigenvalue weighted by atomic mass is 31.2. The largest absolute Gasteiger partial charge is 0.394 e. The van der Waals surface area contributed by atoms with Crippen LogP contribution in [0.5, 0.6) is 0 Å². The van der Waals surface area contributed by atoms with Crippen molar-refractivity contribution in [2.24, 2.45) is 10.8 Å². The van der Waals surface area contributed by atoms with E-state index in [2.05, 4.69) is 4.62 Å². The van der Waals surface area contributed by atoms with Gasteiger partial charge in [-0.3, -0.25) is 18.7 Å². The lowest BCUT2D eigenvalue weighted by molar-refractivity contribution is -0.0676. The summed E-state index contributed by atoms with van der Waals surface area (Å²) < 4.78 is 29.9. The monoisotopic (exact) mass is 435 g/mol. The summed E-state index contributed by atoms with van der Waals surface area (Å²) in [5.74, 6) is -2.17. The van der Waals surface area contributed by atoms with Gasteiger partial charge in [0.25, 0.3) is 16.9 Å². The van der Waals surface area contributed by atoms with Gasteiger partial charge in [0.2, 0.25) is 0 Å². The van der Waals surface area contributed by atoms with Crippen LogP contribution in [0, 0.1) is 10.8 Å². The molecule has 4 N–H and O–H groups in total. The van der Waals surface area contributed by atoms with Crippen molar-refractivity contribution in [1.29, 1.82) is 0 Å². The fourth-order valence-corrected chi connectivity index (χ4v) is 6.81. The molecule has 0 spiro atoms. The smallest absolute Gasteiger partial charge is 0.367 e. The van der Waals surface area contributed by atoms with Crippen molar-refractivity contribution < 1.29 is 43.1 Å². The lowest BCUT2D eigenvalue weighted by Gasteiger charge is -2.50. The van der Waals surface area contributed by atoms with Crippen molar-refractivity contribution in [3.63, 3.8) is 0 Å². The minimum atomic E-state index is -5.73. The fourth-order valence-electron chi connectivity index (χ4n) is 2.79. The Morgan fingerprint density at radius 2 is 1.29 bits per heavy atom. The number of hydrogen-bond donors (Lipinski definition) is 4. The van der Waals surface area contributed by atoms with Gasteiger partial charge in [-0.2, -0.15) is 4.62 Å². The summed E-state index contributed by atoms with van der Waals surface area (Å²) >= 11 is 0. The second-order valence-electron chi connectivity index (χ2n) is 8.11. The quantitative estimate of drug-likeness (QED) is 0.402. The van der Waals surface area contributed by atoms with Crippen molar-refractivity contribution in [2.45, 2.75) is 39.7 Å². The molecule has 0 fully saturated rings. The molecule has 0 saturated heterocycles. The molecular weight excluding hydrogens is 412 g/mol. The molecule has 2 atom stereocenters. The average Bonchev–Trinajstić information content (AvgIpc) is 2.77. The Bertz CT molecular complexity index is 895. The van der Waals surface area contributed by atoms with Gasteiger partial charge in [0.15, 0.2) is 0 Å². The number of nitrogens with zero attached hydrogens (tertiary/aromatic N) is 1. The van der Waals surface area contributed by atoms with Crippen LogP contribution in [0.25, 0.3) is 0 Å². The molecule has 1 aromatic rings. The molecule has 0 aliphatic carbocycles. The minimum Gasteiger partial charge on any atom is -0.367 e. The molecule has 0 saturated carbocycles. The molecule has 28 heavy (non-hydrogen) atoms. The second kappa shape index (κ2) is 6.57. The van der Waals surface area contributed by atoms with Crippen LogP contribution in [0.1, 0.15) is 55.3 Å². The third-order valence-electron chi connectivity index (χ3n) is 5.46. The number of fused-ring (bicyclic) bond motifs is 1. The van der Waals surface area contributed by atoms with Gasteiger partial charge >= 0.3 is 15.2 Å². The molecule has 12 heteroatoms. The predicted molar refractivity (Wildman–Crippen MR) is 98.1 cm³/mol. The number of carbonyl (C=O) groups is 2. The van der Waals surface area contributed by atoms with Crippen LogP contribution >= 0.6 is 15.2 Å². The van der Waals surface area contributed by atoms with E-state index in [0.717, 1.165) is 0 Å². The van der Waals surface area contributed by atoms with E-state index in [1.54, 1.807) is 0 Å². The lowest BCUT2D eigenvalue weighted by Crippen LogP contribution is -2.52. The molecule has 0 bridgehead atoms. The number of aliphatic hydroxyl groups is 1. The van der Waals surface area contributed by atoms with E-state index in [-0.39, 0.29) is 16.2 Å². The van der Waals surface area contributed by atoms with Gasteiger partial charge in [-0.05, 0) is 17.5 Å². The number of hydroxylamine groups is 2. The maximum Gasteiger partial charge on any atom is 0.394 e. The van der Waals surface area contributed by atoms with Gasteiger partial charge in [0, 0.05) is 5.41 Å². The highest BCUT2D eigenvalue weighted by molar-refractivity contribution is 7.72. The number of benzene rings is 1. The SMILES string of the molecule is CC(C)(C)C(C)(C)C(O)(P(=O)(O)O)P(=O)(O)ON1C(=O)c2ccccc2C1=O. The van der Waals surface area contributed by atoms with Gasteiger partial charge in [-0.1, -0.05) is 46.8 Å². The van der Waals surface area contributed by atoms with E-state index >= 15 is 0 Å². The maximum atomic E-state index is 13.0.